The average molecular weight is 308 g/mol. The van der Waals surface area contributed by atoms with Crippen molar-refractivity contribution in [1.82, 2.24) is 9.80 Å². The van der Waals surface area contributed by atoms with E-state index in [1.165, 1.54) is 48.9 Å². The van der Waals surface area contributed by atoms with Crippen LogP contribution in [-0.2, 0) is 0 Å². The normalized spacial score (nSPS) is 18.2. The summed E-state index contributed by atoms with van der Waals surface area (Å²) in [6, 6.07) is 17.2. The molecule has 0 bridgehead atoms. The zero-order valence-electron chi connectivity index (χ0n) is 13.7. The summed E-state index contributed by atoms with van der Waals surface area (Å²) in [4.78, 5) is 7.44. The Morgan fingerprint density at radius 2 is 1.35 bits per heavy atom. The molecular weight excluding hydrogens is 284 g/mol. The maximum atomic E-state index is 3.55. The monoisotopic (exact) mass is 308 g/mol. The molecule has 2 heterocycles. The first kappa shape index (κ1) is 14.5. The molecule has 1 N–H and O–H groups in total. The Bertz CT molecular complexity index is 631. The van der Waals surface area contributed by atoms with Crippen LogP contribution >= 0.6 is 0 Å². The van der Waals surface area contributed by atoms with E-state index >= 15 is 0 Å². The topological polar surface area (TPSA) is 21.8 Å². The van der Waals surface area contributed by atoms with Crippen molar-refractivity contribution in [1.29, 1.82) is 0 Å². The predicted octanol–water partition coefficient (Wildman–Crippen LogP) is 3.13. The molecule has 0 atom stereocenters. The minimum atomic E-state index is 1.03. The van der Waals surface area contributed by atoms with Crippen LogP contribution in [0.5, 0.6) is 0 Å². The zero-order valence-corrected chi connectivity index (χ0v) is 13.7. The summed E-state index contributed by atoms with van der Waals surface area (Å²) in [6.45, 7) is 6.83. The molecule has 4 heteroatoms. The van der Waals surface area contributed by atoms with Crippen molar-refractivity contribution >= 4 is 22.7 Å². The highest BCUT2D eigenvalue weighted by molar-refractivity contribution is 5.91. The lowest BCUT2D eigenvalue weighted by Crippen LogP contribution is -2.46. The van der Waals surface area contributed by atoms with Crippen LogP contribution in [-0.4, -0.2) is 56.1 Å². The summed E-state index contributed by atoms with van der Waals surface area (Å²) < 4.78 is 0. The Morgan fingerprint density at radius 1 is 0.783 bits per heavy atom. The Labute approximate surface area is 138 Å². The summed E-state index contributed by atoms with van der Waals surface area (Å²) in [5.74, 6) is 0. The molecule has 4 nitrogen and oxygen atoms in total. The molecule has 0 spiro atoms. The largest absolute Gasteiger partial charge is 0.352 e. The molecule has 120 valence electrons. The van der Waals surface area contributed by atoms with Gasteiger partial charge in [0.1, 0.15) is 0 Å². The van der Waals surface area contributed by atoms with Gasteiger partial charge in [0.05, 0.1) is 22.7 Å². The van der Waals surface area contributed by atoms with Crippen LogP contribution in [0.25, 0.3) is 0 Å². The molecule has 2 aliphatic rings. The van der Waals surface area contributed by atoms with Gasteiger partial charge in [-0.05, 0) is 31.3 Å². The number of anilines is 4. The Morgan fingerprint density at radius 3 is 1.96 bits per heavy atom. The Balaban J connectivity index is 1.55. The van der Waals surface area contributed by atoms with Crippen LogP contribution in [0.1, 0.15) is 0 Å². The lowest BCUT2D eigenvalue weighted by atomic mass is 10.1. The quantitative estimate of drug-likeness (QED) is 0.940. The molecule has 0 radical (unpaired) electrons. The molecule has 0 unspecified atom stereocenters. The van der Waals surface area contributed by atoms with Crippen LogP contribution in [0.4, 0.5) is 22.7 Å². The van der Waals surface area contributed by atoms with Crippen LogP contribution in [0.3, 0.4) is 0 Å². The lowest BCUT2D eigenvalue weighted by Gasteiger charge is -2.37. The van der Waals surface area contributed by atoms with Gasteiger partial charge in [-0.1, -0.05) is 24.3 Å². The molecule has 4 rings (SSSR count). The van der Waals surface area contributed by atoms with Gasteiger partial charge in [-0.15, -0.1) is 0 Å². The molecule has 2 aromatic rings. The third-order valence-corrected chi connectivity index (χ3v) is 4.89. The van der Waals surface area contributed by atoms with E-state index in [-0.39, 0.29) is 0 Å². The van der Waals surface area contributed by atoms with Gasteiger partial charge in [0.25, 0.3) is 0 Å². The van der Waals surface area contributed by atoms with Crippen molar-refractivity contribution in [3.8, 4) is 0 Å². The van der Waals surface area contributed by atoms with Crippen LogP contribution in [0.15, 0.2) is 48.5 Å². The second-order valence-electron chi connectivity index (χ2n) is 6.46. The van der Waals surface area contributed by atoms with Gasteiger partial charge in [-0.2, -0.15) is 0 Å². The van der Waals surface area contributed by atoms with E-state index in [1.807, 2.05) is 0 Å². The summed E-state index contributed by atoms with van der Waals surface area (Å²) >= 11 is 0. The molecule has 0 amide bonds. The molecule has 0 saturated carbocycles. The molecule has 2 aliphatic heterocycles. The van der Waals surface area contributed by atoms with Crippen LogP contribution < -0.4 is 10.2 Å². The first-order valence-electron chi connectivity index (χ1n) is 8.45. The molecule has 0 aromatic heterocycles. The van der Waals surface area contributed by atoms with E-state index in [2.05, 4.69) is 75.6 Å². The van der Waals surface area contributed by atoms with Gasteiger partial charge in [-0.3, -0.25) is 4.90 Å². The van der Waals surface area contributed by atoms with Gasteiger partial charge < -0.3 is 15.1 Å². The van der Waals surface area contributed by atoms with E-state index in [1.54, 1.807) is 0 Å². The van der Waals surface area contributed by atoms with Gasteiger partial charge in [0, 0.05) is 39.3 Å². The number of likely N-dealkylation sites (N-methyl/N-ethyl adjacent to an activating group) is 1. The Kier molecular flexibility index (Phi) is 3.93. The standard InChI is InChI=1S/C19H24N4/c1-21-10-12-22(13-11-21)14-15-23-18-8-4-2-6-16(18)20-17-7-3-5-9-19(17)23/h2-9,20H,10-15H2,1H3. The molecule has 1 saturated heterocycles. The van der Waals surface area contributed by atoms with Crippen molar-refractivity contribution in [2.24, 2.45) is 0 Å². The fraction of sp³-hybridized carbons (Fsp3) is 0.368. The number of piperazine rings is 1. The molecule has 23 heavy (non-hydrogen) atoms. The highest BCUT2D eigenvalue weighted by atomic mass is 15.3. The first-order chi connectivity index (χ1) is 11.3. The number of hydrogen-bond acceptors (Lipinski definition) is 4. The summed E-state index contributed by atoms with van der Waals surface area (Å²) in [5.41, 5.74) is 4.95. The summed E-state index contributed by atoms with van der Waals surface area (Å²) in [5, 5.41) is 3.55. The second-order valence-corrected chi connectivity index (χ2v) is 6.46. The maximum absolute atomic E-state index is 3.55. The van der Waals surface area contributed by atoms with E-state index in [4.69, 9.17) is 0 Å². The molecule has 1 fully saturated rings. The SMILES string of the molecule is CN1CCN(CCN2c3ccccc3Nc3ccccc32)CC1. The van der Waals surface area contributed by atoms with Gasteiger partial charge >= 0.3 is 0 Å². The molecular formula is C19H24N4. The number of nitrogens with one attached hydrogen (secondary N) is 1. The predicted molar refractivity (Wildman–Crippen MR) is 97.1 cm³/mol. The summed E-state index contributed by atoms with van der Waals surface area (Å²) in [7, 11) is 2.21. The van der Waals surface area contributed by atoms with E-state index in [0.29, 0.717) is 0 Å². The van der Waals surface area contributed by atoms with Crippen molar-refractivity contribution in [2.75, 3.05) is 56.5 Å². The van der Waals surface area contributed by atoms with Crippen molar-refractivity contribution in [3.05, 3.63) is 48.5 Å². The molecule has 2 aromatic carbocycles. The minimum Gasteiger partial charge on any atom is -0.352 e. The number of nitrogens with zero attached hydrogens (tertiary/aromatic N) is 3. The number of rotatable bonds is 3. The third-order valence-electron chi connectivity index (χ3n) is 4.89. The fourth-order valence-electron chi connectivity index (χ4n) is 3.46. The Hall–Kier alpha value is -2.04. The fourth-order valence-corrected chi connectivity index (χ4v) is 3.46. The van der Waals surface area contributed by atoms with Crippen LogP contribution in [0.2, 0.25) is 0 Å². The minimum absolute atomic E-state index is 1.03. The van der Waals surface area contributed by atoms with Crippen molar-refractivity contribution < 1.29 is 0 Å². The number of benzene rings is 2. The summed E-state index contributed by atoms with van der Waals surface area (Å²) in [6.07, 6.45) is 0. The zero-order chi connectivity index (χ0) is 15.6. The third kappa shape index (κ3) is 2.92. The van der Waals surface area contributed by atoms with Gasteiger partial charge in [0.2, 0.25) is 0 Å². The van der Waals surface area contributed by atoms with Crippen molar-refractivity contribution in [2.45, 2.75) is 0 Å². The highest BCUT2D eigenvalue weighted by Crippen LogP contribution is 2.42. The van der Waals surface area contributed by atoms with E-state index in [0.717, 1.165) is 13.1 Å². The second kappa shape index (κ2) is 6.22. The lowest BCUT2D eigenvalue weighted by molar-refractivity contribution is 0.157. The highest BCUT2D eigenvalue weighted by Gasteiger charge is 2.22. The number of hydrogen-bond donors (Lipinski definition) is 1. The number of fused-ring (bicyclic) bond motifs is 2. The average Bonchev–Trinajstić information content (AvgIpc) is 2.60. The number of para-hydroxylation sites is 4. The maximum Gasteiger partial charge on any atom is 0.0651 e. The van der Waals surface area contributed by atoms with E-state index < -0.39 is 0 Å². The first-order valence-corrected chi connectivity index (χ1v) is 8.45. The van der Waals surface area contributed by atoms with Gasteiger partial charge in [-0.25, -0.2) is 0 Å². The van der Waals surface area contributed by atoms with Gasteiger partial charge in [0.15, 0.2) is 0 Å². The van der Waals surface area contributed by atoms with E-state index in [9.17, 15) is 0 Å². The smallest absolute Gasteiger partial charge is 0.0651 e. The van der Waals surface area contributed by atoms with Crippen molar-refractivity contribution in [3.63, 3.8) is 0 Å². The molecule has 0 aliphatic carbocycles. The van der Waals surface area contributed by atoms with Crippen LogP contribution in [0, 0.1) is 0 Å².